The van der Waals surface area contributed by atoms with Crippen LogP contribution in [0.1, 0.15) is 11.3 Å². The summed E-state index contributed by atoms with van der Waals surface area (Å²) in [6.07, 6.45) is 0. The first kappa shape index (κ1) is 12.8. The number of rotatable bonds is 4. The minimum absolute atomic E-state index is 0.232. The third-order valence-corrected chi connectivity index (χ3v) is 2.82. The zero-order valence-corrected chi connectivity index (χ0v) is 10.7. The number of hydrogen-bond donors (Lipinski definition) is 0. The fourth-order valence-corrected chi connectivity index (χ4v) is 1.76. The molecule has 0 radical (unpaired) electrons. The summed E-state index contributed by atoms with van der Waals surface area (Å²) in [6, 6.07) is 10.2. The van der Waals surface area contributed by atoms with Crippen molar-refractivity contribution in [3.8, 4) is 0 Å². The van der Waals surface area contributed by atoms with Gasteiger partial charge in [0.25, 0.3) is 0 Å². The third-order valence-electron chi connectivity index (χ3n) is 2.54. The Bertz CT molecular complexity index is 516. The Kier molecular flexibility index (Phi) is 4.10. The van der Waals surface area contributed by atoms with E-state index in [-0.39, 0.29) is 5.82 Å². The molecule has 0 unspecified atom stereocenters. The molecular formula is C13H13ClFN3. The molecule has 2 rings (SSSR count). The molecular weight excluding hydrogens is 253 g/mol. The number of aromatic nitrogens is 2. The fraction of sp³-hybridized carbons (Fsp3) is 0.231. The van der Waals surface area contributed by atoms with Crippen LogP contribution in [-0.2, 0) is 12.4 Å². The summed E-state index contributed by atoms with van der Waals surface area (Å²) in [6.45, 7) is 0.576. The first-order chi connectivity index (χ1) is 8.69. The second-order valence-electron chi connectivity index (χ2n) is 4.00. The van der Waals surface area contributed by atoms with Crippen LogP contribution in [0.5, 0.6) is 0 Å². The van der Waals surface area contributed by atoms with Crippen molar-refractivity contribution >= 4 is 17.4 Å². The van der Waals surface area contributed by atoms with Gasteiger partial charge in [-0.3, -0.25) is 0 Å². The lowest BCUT2D eigenvalue weighted by atomic mass is 10.2. The van der Waals surface area contributed by atoms with Crippen LogP contribution in [0.15, 0.2) is 36.4 Å². The molecule has 5 heteroatoms. The second kappa shape index (κ2) is 5.78. The maximum absolute atomic E-state index is 13.1. The molecule has 1 heterocycles. The van der Waals surface area contributed by atoms with E-state index < -0.39 is 0 Å². The topological polar surface area (TPSA) is 29.0 Å². The van der Waals surface area contributed by atoms with Crippen LogP contribution in [0.25, 0.3) is 0 Å². The molecule has 0 aliphatic carbocycles. The Morgan fingerprint density at radius 1 is 1.22 bits per heavy atom. The van der Waals surface area contributed by atoms with Crippen molar-refractivity contribution in [2.45, 2.75) is 12.4 Å². The monoisotopic (exact) mass is 265 g/mol. The molecule has 0 N–H and O–H groups in total. The summed E-state index contributed by atoms with van der Waals surface area (Å²) in [5.74, 6) is 0.846. The highest BCUT2D eigenvalue weighted by Gasteiger charge is 2.05. The highest BCUT2D eigenvalue weighted by Crippen LogP contribution is 2.13. The second-order valence-corrected chi connectivity index (χ2v) is 4.27. The van der Waals surface area contributed by atoms with Crippen molar-refractivity contribution in [1.29, 1.82) is 0 Å². The average Bonchev–Trinajstić information content (AvgIpc) is 2.39. The van der Waals surface area contributed by atoms with Crippen LogP contribution in [0.3, 0.4) is 0 Å². The van der Waals surface area contributed by atoms with Gasteiger partial charge in [0, 0.05) is 13.6 Å². The van der Waals surface area contributed by atoms with Crippen molar-refractivity contribution in [1.82, 2.24) is 10.2 Å². The van der Waals surface area contributed by atoms with Gasteiger partial charge in [-0.1, -0.05) is 12.1 Å². The molecule has 0 aliphatic heterocycles. The van der Waals surface area contributed by atoms with Gasteiger partial charge in [-0.15, -0.1) is 16.7 Å². The zero-order valence-electron chi connectivity index (χ0n) is 9.98. The average molecular weight is 266 g/mol. The fourth-order valence-electron chi connectivity index (χ4n) is 1.62. The van der Waals surface area contributed by atoms with E-state index in [9.17, 15) is 4.39 Å². The predicted molar refractivity (Wildman–Crippen MR) is 70.1 cm³/mol. The standard InChI is InChI=1S/C13H13ClFN3/c1-18(9-10-3-2-4-11(15)7-10)13-6-5-12(8-14)16-17-13/h2-7H,8-9H2,1H3. The van der Waals surface area contributed by atoms with Gasteiger partial charge in [-0.05, 0) is 29.8 Å². The Morgan fingerprint density at radius 3 is 2.67 bits per heavy atom. The van der Waals surface area contributed by atoms with Gasteiger partial charge in [0.15, 0.2) is 5.82 Å². The third kappa shape index (κ3) is 3.17. The number of anilines is 1. The predicted octanol–water partition coefficient (Wildman–Crippen LogP) is 2.99. The van der Waals surface area contributed by atoms with E-state index >= 15 is 0 Å². The summed E-state index contributed by atoms with van der Waals surface area (Å²) in [5, 5.41) is 8.05. The first-order valence-corrected chi connectivity index (χ1v) is 6.06. The number of benzene rings is 1. The van der Waals surface area contributed by atoms with Crippen LogP contribution in [0.4, 0.5) is 10.2 Å². The number of alkyl halides is 1. The van der Waals surface area contributed by atoms with E-state index in [0.717, 1.165) is 17.1 Å². The highest BCUT2D eigenvalue weighted by atomic mass is 35.5. The molecule has 0 bridgehead atoms. The lowest BCUT2D eigenvalue weighted by Gasteiger charge is -2.17. The van der Waals surface area contributed by atoms with Crippen LogP contribution < -0.4 is 4.90 Å². The molecule has 1 aromatic heterocycles. The normalized spacial score (nSPS) is 10.4. The van der Waals surface area contributed by atoms with E-state index in [2.05, 4.69) is 10.2 Å². The molecule has 1 aromatic carbocycles. The van der Waals surface area contributed by atoms with Crippen LogP contribution in [0, 0.1) is 5.82 Å². The van der Waals surface area contributed by atoms with Crippen LogP contribution in [0.2, 0.25) is 0 Å². The van der Waals surface area contributed by atoms with Crippen molar-refractivity contribution < 1.29 is 4.39 Å². The van der Waals surface area contributed by atoms with E-state index in [4.69, 9.17) is 11.6 Å². The Labute approximate surface area is 110 Å². The van der Waals surface area contributed by atoms with Crippen LogP contribution in [-0.4, -0.2) is 17.2 Å². The highest BCUT2D eigenvalue weighted by molar-refractivity contribution is 6.16. The van der Waals surface area contributed by atoms with Crippen molar-refractivity contribution in [2.75, 3.05) is 11.9 Å². The quantitative estimate of drug-likeness (QED) is 0.796. The number of hydrogen-bond acceptors (Lipinski definition) is 3. The molecule has 0 saturated heterocycles. The van der Waals surface area contributed by atoms with E-state index in [1.807, 2.05) is 30.1 Å². The van der Waals surface area contributed by atoms with Gasteiger partial charge in [-0.2, -0.15) is 5.10 Å². The lowest BCUT2D eigenvalue weighted by molar-refractivity contribution is 0.625. The Balaban J connectivity index is 2.09. The lowest BCUT2D eigenvalue weighted by Crippen LogP contribution is -2.18. The zero-order chi connectivity index (χ0) is 13.0. The van der Waals surface area contributed by atoms with Gasteiger partial charge in [0.05, 0.1) is 11.6 Å². The largest absolute Gasteiger partial charge is 0.354 e. The molecule has 0 atom stereocenters. The SMILES string of the molecule is CN(Cc1cccc(F)c1)c1ccc(CCl)nn1. The molecule has 0 aliphatic rings. The molecule has 0 amide bonds. The van der Waals surface area contributed by atoms with E-state index in [1.54, 1.807) is 6.07 Å². The Morgan fingerprint density at radius 2 is 2.06 bits per heavy atom. The minimum atomic E-state index is -0.232. The molecule has 94 valence electrons. The van der Waals surface area contributed by atoms with E-state index in [0.29, 0.717) is 12.4 Å². The summed E-state index contributed by atoms with van der Waals surface area (Å²) >= 11 is 5.65. The Hall–Kier alpha value is -1.68. The molecule has 3 nitrogen and oxygen atoms in total. The molecule has 0 saturated carbocycles. The summed E-state index contributed by atoms with van der Waals surface area (Å²) in [7, 11) is 1.88. The molecule has 0 spiro atoms. The van der Waals surface area contributed by atoms with E-state index in [1.165, 1.54) is 12.1 Å². The van der Waals surface area contributed by atoms with Crippen molar-refractivity contribution in [2.24, 2.45) is 0 Å². The van der Waals surface area contributed by atoms with Gasteiger partial charge in [-0.25, -0.2) is 4.39 Å². The number of nitrogens with zero attached hydrogens (tertiary/aromatic N) is 3. The first-order valence-electron chi connectivity index (χ1n) is 5.53. The van der Waals surface area contributed by atoms with Gasteiger partial charge < -0.3 is 4.90 Å². The van der Waals surface area contributed by atoms with Crippen molar-refractivity contribution in [3.05, 3.63) is 53.5 Å². The minimum Gasteiger partial charge on any atom is -0.354 e. The molecule has 0 fully saturated rings. The molecule has 2 aromatic rings. The maximum Gasteiger partial charge on any atom is 0.151 e. The van der Waals surface area contributed by atoms with Crippen molar-refractivity contribution in [3.63, 3.8) is 0 Å². The van der Waals surface area contributed by atoms with Crippen LogP contribution >= 0.6 is 11.6 Å². The van der Waals surface area contributed by atoms with Gasteiger partial charge >= 0.3 is 0 Å². The number of halogens is 2. The van der Waals surface area contributed by atoms with Gasteiger partial charge in [0.1, 0.15) is 5.82 Å². The summed E-state index contributed by atoms with van der Waals surface area (Å²) in [5.41, 5.74) is 1.63. The smallest absolute Gasteiger partial charge is 0.151 e. The summed E-state index contributed by atoms with van der Waals surface area (Å²) in [4.78, 5) is 1.90. The maximum atomic E-state index is 13.1. The van der Waals surface area contributed by atoms with Gasteiger partial charge in [0.2, 0.25) is 0 Å². The summed E-state index contributed by atoms with van der Waals surface area (Å²) < 4.78 is 13.1. The molecule has 18 heavy (non-hydrogen) atoms.